The van der Waals surface area contributed by atoms with Gasteiger partial charge in [-0.05, 0) is 30.9 Å². The molecule has 25 heavy (non-hydrogen) atoms. The zero-order chi connectivity index (χ0) is 17.5. The number of rotatable bonds is 6. The first-order valence-electron chi connectivity index (χ1n) is 9.02. The molecule has 1 unspecified atom stereocenters. The number of piperidine rings is 1. The van der Waals surface area contributed by atoms with Crippen LogP contribution in [-0.4, -0.2) is 41.6 Å². The maximum atomic E-state index is 10.3. The Hall–Kier alpha value is -2.33. The van der Waals surface area contributed by atoms with Crippen LogP contribution >= 0.6 is 0 Å². The molecule has 1 aliphatic rings. The van der Waals surface area contributed by atoms with Crippen LogP contribution in [0.1, 0.15) is 25.7 Å². The zero-order valence-corrected chi connectivity index (χ0v) is 14.5. The zero-order valence-electron chi connectivity index (χ0n) is 14.5. The van der Waals surface area contributed by atoms with Crippen LogP contribution in [0.2, 0.25) is 0 Å². The van der Waals surface area contributed by atoms with Gasteiger partial charge < -0.3 is 14.7 Å². The maximum absolute atomic E-state index is 10.3. The summed E-state index contributed by atoms with van der Waals surface area (Å²) in [6.07, 6.45) is 3.19. The number of ether oxygens (including phenoxy) is 1. The number of aliphatic hydroxyl groups is 1. The molecule has 1 saturated heterocycles. The predicted molar refractivity (Wildman–Crippen MR) is 101 cm³/mol. The van der Waals surface area contributed by atoms with E-state index in [0.717, 1.165) is 42.8 Å². The quantitative estimate of drug-likeness (QED) is 0.619. The van der Waals surface area contributed by atoms with Crippen molar-refractivity contribution in [2.75, 3.05) is 19.7 Å². The largest absolute Gasteiger partial charge is 0.490 e. The number of nitrogens with one attached hydrogen (secondary N) is 1. The summed E-state index contributed by atoms with van der Waals surface area (Å²) in [5, 5.41) is 18.5. The number of para-hydroxylation sites is 1. The van der Waals surface area contributed by atoms with E-state index in [1.165, 1.54) is 6.42 Å². The molecule has 0 aromatic heterocycles. The molecule has 2 aromatic rings. The third-order valence-corrected chi connectivity index (χ3v) is 4.57. The summed E-state index contributed by atoms with van der Waals surface area (Å²) >= 11 is 0. The summed E-state index contributed by atoms with van der Waals surface area (Å²) in [6.45, 7) is 2.06. The minimum atomic E-state index is -0.668. The van der Waals surface area contributed by atoms with Gasteiger partial charge in [0.05, 0.1) is 11.9 Å². The van der Waals surface area contributed by atoms with E-state index in [1.807, 2.05) is 54.6 Å². The Bertz CT molecular complexity index is 681. The fraction of sp³-hybridized carbons (Fsp3) is 0.381. The van der Waals surface area contributed by atoms with E-state index in [0.29, 0.717) is 12.3 Å². The summed E-state index contributed by atoms with van der Waals surface area (Å²) in [7, 11) is 0. The van der Waals surface area contributed by atoms with Crippen molar-refractivity contribution in [3.8, 4) is 16.9 Å². The lowest BCUT2D eigenvalue weighted by molar-refractivity contribution is 0.110. The highest BCUT2D eigenvalue weighted by atomic mass is 16.5. The summed E-state index contributed by atoms with van der Waals surface area (Å²) in [6, 6.07) is 17.9. The molecule has 3 rings (SSSR count). The SMILES string of the molecule is N=C(CC(O)COc1ccccc1-c1ccccc1)N1CCCCC1. The molecule has 0 spiro atoms. The number of hydrogen-bond donors (Lipinski definition) is 2. The standard InChI is InChI=1S/C21H26N2O2/c22-21(23-13-7-2-8-14-23)15-18(24)16-25-20-12-6-5-11-19(20)17-9-3-1-4-10-17/h1,3-6,9-12,18,22,24H,2,7-8,13-16H2. The van der Waals surface area contributed by atoms with Crippen molar-refractivity contribution in [1.82, 2.24) is 4.90 Å². The number of hydrogen-bond acceptors (Lipinski definition) is 3. The van der Waals surface area contributed by atoms with Gasteiger partial charge in [0.25, 0.3) is 0 Å². The average molecular weight is 338 g/mol. The molecular weight excluding hydrogens is 312 g/mol. The first kappa shape index (κ1) is 17.5. The minimum Gasteiger partial charge on any atom is -0.490 e. The smallest absolute Gasteiger partial charge is 0.127 e. The molecule has 4 heteroatoms. The van der Waals surface area contributed by atoms with Crippen molar-refractivity contribution < 1.29 is 9.84 Å². The van der Waals surface area contributed by atoms with Crippen LogP contribution in [0.4, 0.5) is 0 Å². The molecule has 2 aromatic carbocycles. The fourth-order valence-corrected chi connectivity index (χ4v) is 3.21. The van der Waals surface area contributed by atoms with Crippen LogP contribution in [0.5, 0.6) is 5.75 Å². The van der Waals surface area contributed by atoms with Gasteiger partial charge in [0.1, 0.15) is 12.4 Å². The van der Waals surface area contributed by atoms with Crippen molar-refractivity contribution in [2.45, 2.75) is 31.8 Å². The number of nitrogens with zero attached hydrogens (tertiary/aromatic N) is 1. The van der Waals surface area contributed by atoms with Gasteiger partial charge >= 0.3 is 0 Å². The fourth-order valence-electron chi connectivity index (χ4n) is 3.21. The molecule has 0 radical (unpaired) electrons. The number of amidine groups is 1. The van der Waals surface area contributed by atoms with Gasteiger partial charge in [-0.1, -0.05) is 48.5 Å². The molecule has 4 nitrogen and oxygen atoms in total. The summed E-state index contributed by atoms with van der Waals surface area (Å²) in [4.78, 5) is 2.07. The van der Waals surface area contributed by atoms with Crippen LogP contribution in [0, 0.1) is 5.41 Å². The van der Waals surface area contributed by atoms with Gasteiger partial charge in [-0.25, -0.2) is 0 Å². The molecule has 1 heterocycles. The highest BCUT2D eigenvalue weighted by Gasteiger charge is 2.17. The van der Waals surface area contributed by atoms with Crippen molar-refractivity contribution in [3.63, 3.8) is 0 Å². The molecular formula is C21H26N2O2. The second-order valence-corrected chi connectivity index (χ2v) is 6.53. The normalized spacial score (nSPS) is 15.6. The highest BCUT2D eigenvalue weighted by molar-refractivity contribution is 5.79. The van der Waals surface area contributed by atoms with Gasteiger partial charge in [0.15, 0.2) is 0 Å². The molecule has 1 aliphatic heterocycles. The lowest BCUT2D eigenvalue weighted by atomic mass is 10.0. The maximum Gasteiger partial charge on any atom is 0.127 e. The second kappa shape index (κ2) is 8.67. The number of likely N-dealkylation sites (tertiary alicyclic amines) is 1. The van der Waals surface area contributed by atoms with Crippen molar-refractivity contribution in [1.29, 1.82) is 5.41 Å². The summed E-state index contributed by atoms with van der Waals surface area (Å²) in [5.41, 5.74) is 2.11. The average Bonchev–Trinajstić information content (AvgIpc) is 2.68. The van der Waals surface area contributed by atoms with E-state index >= 15 is 0 Å². The topological polar surface area (TPSA) is 56.6 Å². The molecule has 132 valence electrons. The second-order valence-electron chi connectivity index (χ2n) is 6.53. The Morgan fingerprint density at radius 1 is 1.00 bits per heavy atom. The van der Waals surface area contributed by atoms with Crippen LogP contribution in [-0.2, 0) is 0 Å². The predicted octanol–water partition coefficient (Wildman–Crippen LogP) is 3.95. The van der Waals surface area contributed by atoms with E-state index in [2.05, 4.69) is 4.90 Å². The molecule has 1 fully saturated rings. The van der Waals surface area contributed by atoms with E-state index in [1.54, 1.807) is 0 Å². The Balaban J connectivity index is 1.57. The third kappa shape index (κ3) is 4.83. The Morgan fingerprint density at radius 3 is 2.44 bits per heavy atom. The highest BCUT2D eigenvalue weighted by Crippen LogP contribution is 2.29. The van der Waals surface area contributed by atoms with Crippen LogP contribution in [0.25, 0.3) is 11.1 Å². The van der Waals surface area contributed by atoms with Crippen molar-refractivity contribution in [3.05, 3.63) is 54.6 Å². The first-order valence-corrected chi connectivity index (χ1v) is 9.02. The molecule has 0 aliphatic carbocycles. The van der Waals surface area contributed by atoms with E-state index < -0.39 is 6.10 Å². The Kier molecular flexibility index (Phi) is 6.07. The van der Waals surface area contributed by atoms with Gasteiger partial charge in [0, 0.05) is 25.1 Å². The van der Waals surface area contributed by atoms with Crippen LogP contribution < -0.4 is 4.74 Å². The van der Waals surface area contributed by atoms with Gasteiger partial charge in [-0.2, -0.15) is 0 Å². The van der Waals surface area contributed by atoms with Crippen LogP contribution in [0.15, 0.2) is 54.6 Å². The van der Waals surface area contributed by atoms with Crippen LogP contribution in [0.3, 0.4) is 0 Å². The Morgan fingerprint density at radius 2 is 1.68 bits per heavy atom. The molecule has 0 saturated carbocycles. The van der Waals surface area contributed by atoms with E-state index in [9.17, 15) is 5.11 Å². The Labute approximate surface area is 149 Å². The van der Waals surface area contributed by atoms with Gasteiger partial charge in [-0.3, -0.25) is 5.41 Å². The summed E-state index contributed by atoms with van der Waals surface area (Å²) in [5.74, 6) is 1.28. The molecule has 0 amide bonds. The third-order valence-electron chi connectivity index (χ3n) is 4.57. The van der Waals surface area contributed by atoms with Crippen molar-refractivity contribution in [2.24, 2.45) is 0 Å². The first-order chi connectivity index (χ1) is 12.2. The minimum absolute atomic E-state index is 0.195. The van der Waals surface area contributed by atoms with Gasteiger partial charge in [0.2, 0.25) is 0 Å². The van der Waals surface area contributed by atoms with Crippen molar-refractivity contribution >= 4 is 5.84 Å². The van der Waals surface area contributed by atoms with Gasteiger partial charge in [-0.15, -0.1) is 0 Å². The monoisotopic (exact) mass is 338 g/mol. The molecule has 0 bridgehead atoms. The summed E-state index contributed by atoms with van der Waals surface area (Å²) < 4.78 is 5.88. The van der Waals surface area contributed by atoms with E-state index in [-0.39, 0.29) is 6.61 Å². The molecule has 2 N–H and O–H groups in total. The van der Waals surface area contributed by atoms with E-state index in [4.69, 9.17) is 10.1 Å². The number of aliphatic hydroxyl groups excluding tert-OH is 1. The lowest BCUT2D eigenvalue weighted by Gasteiger charge is -2.29. The molecule has 1 atom stereocenters. The lowest BCUT2D eigenvalue weighted by Crippen LogP contribution is -2.37. The number of benzene rings is 2.